The molecule has 1 aliphatic heterocycles. The Balaban J connectivity index is 1.38. The fourth-order valence-electron chi connectivity index (χ4n) is 5.48. The van der Waals surface area contributed by atoms with Gasteiger partial charge in [0, 0.05) is 6.20 Å². The molecule has 2 amide bonds. The number of hydrogen-bond donors (Lipinski definition) is 0. The van der Waals surface area contributed by atoms with Crippen LogP contribution in [0.15, 0.2) is 41.5 Å². The lowest BCUT2D eigenvalue weighted by atomic mass is 9.85. The molecular formula is C22H25N3O3. The Labute approximate surface area is 163 Å². The fourth-order valence-corrected chi connectivity index (χ4v) is 5.48. The predicted octanol–water partition coefficient (Wildman–Crippen LogP) is 2.17. The van der Waals surface area contributed by atoms with Crippen LogP contribution in [0.4, 0.5) is 0 Å². The average Bonchev–Trinajstić information content (AvgIpc) is 3.39. The van der Waals surface area contributed by atoms with E-state index in [0.29, 0.717) is 5.49 Å². The molecule has 2 bridgehead atoms. The lowest BCUT2D eigenvalue weighted by Gasteiger charge is -2.19. The van der Waals surface area contributed by atoms with Crippen LogP contribution in [0.1, 0.15) is 43.3 Å². The van der Waals surface area contributed by atoms with Gasteiger partial charge in [0.05, 0.1) is 17.9 Å². The predicted molar refractivity (Wildman–Crippen MR) is 102 cm³/mol. The van der Waals surface area contributed by atoms with E-state index in [1.54, 1.807) is 12.3 Å². The van der Waals surface area contributed by atoms with E-state index in [0.717, 1.165) is 19.3 Å². The average molecular weight is 379 g/mol. The zero-order valence-corrected chi connectivity index (χ0v) is 15.9. The first kappa shape index (κ1) is 17.6. The number of hydrogen-bond acceptors (Lipinski definition) is 4. The van der Waals surface area contributed by atoms with Gasteiger partial charge in [0.15, 0.2) is 0 Å². The maximum Gasteiger partial charge on any atom is 0.252 e. The first-order chi connectivity index (χ1) is 13.6. The van der Waals surface area contributed by atoms with Crippen molar-refractivity contribution in [3.63, 3.8) is 0 Å². The Hall–Kier alpha value is -2.50. The number of allylic oxidation sites excluding steroid dienone is 2. The van der Waals surface area contributed by atoms with E-state index >= 15 is 0 Å². The second kappa shape index (κ2) is 6.83. The number of carbonyl (C=O) groups is 3. The van der Waals surface area contributed by atoms with Crippen molar-refractivity contribution in [3.8, 4) is 0 Å². The van der Waals surface area contributed by atoms with Crippen LogP contribution in [0.3, 0.4) is 0 Å². The number of imide groups is 1. The highest BCUT2D eigenvalue weighted by molar-refractivity contribution is 6.08. The molecule has 0 aromatic carbocycles. The summed E-state index contributed by atoms with van der Waals surface area (Å²) in [5.74, 6) is -0.840. The zero-order valence-electron chi connectivity index (χ0n) is 15.9. The minimum atomic E-state index is -0.280. The molecule has 4 aliphatic rings. The molecule has 1 saturated heterocycles. The quantitative estimate of drug-likeness (QED) is 0.597. The van der Waals surface area contributed by atoms with Crippen LogP contribution in [0.25, 0.3) is 0 Å². The maximum atomic E-state index is 13.0. The minimum Gasteiger partial charge on any atom is -0.274 e. The molecule has 2 heterocycles. The molecule has 0 spiro atoms. The summed E-state index contributed by atoms with van der Waals surface area (Å²) in [5, 5.41) is 0. The van der Waals surface area contributed by atoms with E-state index in [2.05, 4.69) is 12.2 Å². The summed E-state index contributed by atoms with van der Waals surface area (Å²) < 4.78 is 1.50. The number of amides is 2. The highest BCUT2D eigenvalue weighted by Gasteiger charge is 2.59. The van der Waals surface area contributed by atoms with Gasteiger partial charge in [-0.15, -0.1) is 0 Å². The van der Waals surface area contributed by atoms with Crippen LogP contribution in [0, 0.1) is 23.7 Å². The summed E-state index contributed by atoms with van der Waals surface area (Å²) >= 11 is 0. The molecule has 4 unspecified atom stereocenters. The van der Waals surface area contributed by atoms with E-state index in [9.17, 15) is 14.4 Å². The highest BCUT2D eigenvalue weighted by atomic mass is 16.2. The molecule has 146 valence electrons. The van der Waals surface area contributed by atoms with Crippen molar-refractivity contribution in [2.45, 2.75) is 44.6 Å². The lowest BCUT2D eigenvalue weighted by molar-refractivity contribution is -0.140. The van der Waals surface area contributed by atoms with Crippen LogP contribution in [0.2, 0.25) is 0 Å². The number of pyridine rings is 1. The summed E-state index contributed by atoms with van der Waals surface area (Å²) in [6.45, 7) is -0.202. The van der Waals surface area contributed by atoms with E-state index in [-0.39, 0.29) is 54.0 Å². The number of likely N-dealkylation sites (tertiary alicyclic amines) is 1. The third kappa shape index (κ3) is 2.77. The van der Waals surface area contributed by atoms with Crippen LogP contribution >= 0.6 is 0 Å². The molecule has 0 N–H and O–H groups in total. The fraction of sp³-hybridized carbons (Fsp3) is 0.545. The van der Waals surface area contributed by atoms with Gasteiger partial charge in [-0.2, -0.15) is 0 Å². The molecule has 1 aromatic heterocycles. The van der Waals surface area contributed by atoms with Gasteiger partial charge in [-0.25, -0.2) is 0 Å². The Bertz CT molecular complexity index is 895. The van der Waals surface area contributed by atoms with Crippen LogP contribution in [-0.2, 0) is 9.59 Å². The van der Waals surface area contributed by atoms with Gasteiger partial charge in [0.25, 0.3) is 5.91 Å². The summed E-state index contributed by atoms with van der Waals surface area (Å²) in [6, 6.07) is 5.72. The van der Waals surface area contributed by atoms with E-state index in [1.807, 2.05) is 12.1 Å². The molecule has 6 nitrogen and oxygen atoms in total. The Morgan fingerprint density at radius 3 is 2.36 bits per heavy atom. The van der Waals surface area contributed by atoms with Gasteiger partial charge in [-0.3, -0.25) is 28.8 Å². The number of fused-ring (bicyclic) bond motifs is 5. The molecule has 0 radical (unpaired) electrons. The first-order valence-electron chi connectivity index (χ1n) is 10.4. The van der Waals surface area contributed by atoms with Gasteiger partial charge >= 0.3 is 0 Å². The molecule has 5 rings (SSSR count). The Morgan fingerprint density at radius 1 is 1.00 bits per heavy atom. The Kier molecular flexibility index (Phi) is 4.29. The summed E-state index contributed by atoms with van der Waals surface area (Å²) in [6.07, 6.45) is 12.4. The topological polar surface area (TPSA) is 71.7 Å². The molecule has 3 fully saturated rings. The normalized spacial score (nSPS) is 32.4. The number of nitrogens with zero attached hydrogens (tertiary/aromatic N) is 3. The van der Waals surface area contributed by atoms with Crippen LogP contribution in [0.5, 0.6) is 0 Å². The number of rotatable bonds is 3. The molecule has 2 saturated carbocycles. The second-order valence-electron chi connectivity index (χ2n) is 8.51. The molecule has 6 heteroatoms. The number of aromatic nitrogens is 1. The minimum absolute atomic E-state index is 0.160. The highest BCUT2D eigenvalue weighted by Crippen LogP contribution is 2.52. The van der Waals surface area contributed by atoms with Crippen molar-refractivity contribution in [2.75, 3.05) is 6.54 Å². The smallest absolute Gasteiger partial charge is 0.252 e. The van der Waals surface area contributed by atoms with Crippen molar-refractivity contribution >= 4 is 17.7 Å². The zero-order chi connectivity index (χ0) is 19.3. The van der Waals surface area contributed by atoms with E-state index < -0.39 is 0 Å². The van der Waals surface area contributed by atoms with Gasteiger partial charge in [0.2, 0.25) is 11.8 Å². The van der Waals surface area contributed by atoms with E-state index in [1.165, 1.54) is 28.7 Å². The third-order valence-electron chi connectivity index (χ3n) is 6.85. The summed E-state index contributed by atoms with van der Waals surface area (Å²) in [5.41, 5.74) is 0.612. The second-order valence-corrected chi connectivity index (χ2v) is 8.51. The summed E-state index contributed by atoms with van der Waals surface area (Å²) in [4.78, 5) is 44.7. The Morgan fingerprint density at radius 2 is 1.68 bits per heavy atom. The standard InChI is InChI=1S/C22H25N3O3/c26-18(24-11-5-4-8-17(24)23-16-6-2-1-3-7-16)13-25-21(27)19-14-9-10-15(12-14)20(19)22(25)28/h4-5,8-11,14-16,19-20H,1-3,6-7,12-13H2. The van der Waals surface area contributed by atoms with Gasteiger partial charge in [0.1, 0.15) is 12.0 Å². The largest absolute Gasteiger partial charge is 0.274 e. The van der Waals surface area contributed by atoms with Crippen molar-refractivity contribution in [2.24, 2.45) is 28.7 Å². The van der Waals surface area contributed by atoms with Crippen molar-refractivity contribution in [3.05, 3.63) is 42.0 Å². The maximum absolute atomic E-state index is 13.0. The SMILES string of the molecule is O=C1C2C3C=CC(C3)C2C(=O)N1CC(=O)n1ccccc1=NC1CCCCC1. The van der Waals surface area contributed by atoms with Gasteiger partial charge in [-0.1, -0.05) is 37.5 Å². The van der Waals surface area contributed by atoms with Crippen LogP contribution < -0.4 is 5.49 Å². The van der Waals surface area contributed by atoms with Gasteiger partial charge < -0.3 is 0 Å². The molecule has 4 atom stereocenters. The molecular weight excluding hydrogens is 354 g/mol. The monoisotopic (exact) mass is 379 g/mol. The lowest BCUT2D eigenvalue weighted by Crippen LogP contribution is -2.41. The van der Waals surface area contributed by atoms with Crippen molar-refractivity contribution in [1.82, 2.24) is 9.47 Å². The van der Waals surface area contributed by atoms with Crippen molar-refractivity contribution < 1.29 is 14.4 Å². The van der Waals surface area contributed by atoms with Crippen LogP contribution in [-0.4, -0.2) is 39.8 Å². The third-order valence-corrected chi connectivity index (χ3v) is 6.85. The molecule has 3 aliphatic carbocycles. The first-order valence-corrected chi connectivity index (χ1v) is 10.4. The van der Waals surface area contributed by atoms with Crippen molar-refractivity contribution in [1.29, 1.82) is 0 Å². The molecule has 28 heavy (non-hydrogen) atoms. The van der Waals surface area contributed by atoms with Gasteiger partial charge in [-0.05, 0) is 43.2 Å². The summed E-state index contributed by atoms with van der Waals surface area (Å²) in [7, 11) is 0. The molecule has 1 aromatic rings. The number of carbonyl (C=O) groups excluding carboxylic acids is 3. The van der Waals surface area contributed by atoms with E-state index in [4.69, 9.17) is 4.99 Å².